The highest BCUT2D eigenvalue weighted by Gasteiger charge is 2.32. The third-order valence-corrected chi connectivity index (χ3v) is 4.23. The zero-order valence-corrected chi connectivity index (χ0v) is 17.1. The van der Waals surface area contributed by atoms with Crippen molar-refractivity contribution in [2.75, 3.05) is 6.61 Å². The fourth-order valence-corrected chi connectivity index (χ4v) is 2.52. The number of imidazole rings is 1. The molecule has 5 atom stereocenters. The van der Waals surface area contributed by atoms with Crippen molar-refractivity contribution in [1.29, 1.82) is 0 Å². The zero-order chi connectivity index (χ0) is 24.4. The number of H-pyrrole nitrogens is 1. The minimum absolute atomic E-state index is 0.142. The Morgan fingerprint density at radius 3 is 2.19 bits per heavy atom. The maximum atomic E-state index is 12.5. The molecule has 4 amide bonds. The lowest BCUT2D eigenvalue weighted by Crippen LogP contribution is -2.60. The average molecular weight is 457 g/mol. The van der Waals surface area contributed by atoms with E-state index in [0.29, 0.717) is 5.69 Å². The van der Waals surface area contributed by atoms with Gasteiger partial charge in [-0.25, -0.2) is 9.78 Å². The molecule has 1 rings (SSSR count). The first-order valence-electron chi connectivity index (χ1n) is 9.40. The van der Waals surface area contributed by atoms with Crippen LogP contribution in [0, 0.1) is 0 Å². The van der Waals surface area contributed by atoms with Crippen LogP contribution < -0.4 is 27.4 Å². The second-order valence-electron chi connectivity index (χ2n) is 6.93. The Hall–Kier alpha value is -3.56. The molecule has 0 saturated heterocycles. The summed E-state index contributed by atoms with van der Waals surface area (Å²) in [4.78, 5) is 65.6. The highest BCUT2D eigenvalue weighted by molar-refractivity contribution is 5.95. The molecule has 1 aromatic rings. The van der Waals surface area contributed by atoms with Gasteiger partial charge < -0.3 is 47.7 Å². The summed E-state index contributed by atoms with van der Waals surface area (Å²) in [6, 6.07) is -5.96. The maximum Gasteiger partial charge on any atom is 0.326 e. The van der Waals surface area contributed by atoms with Crippen LogP contribution in [0.25, 0.3) is 0 Å². The summed E-state index contributed by atoms with van der Waals surface area (Å²) in [7, 11) is 0. The maximum absolute atomic E-state index is 12.5. The molecule has 0 aliphatic heterocycles. The fraction of sp³-hybridized carbons (Fsp3) is 0.529. The van der Waals surface area contributed by atoms with Crippen LogP contribution in [0.3, 0.4) is 0 Å². The Bertz CT molecular complexity index is 814. The summed E-state index contributed by atoms with van der Waals surface area (Å²) < 4.78 is 0. The van der Waals surface area contributed by atoms with Crippen molar-refractivity contribution in [3.8, 4) is 0 Å². The number of nitrogens with zero attached hydrogens (tertiary/aromatic N) is 1. The van der Waals surface area contributed by atoms with Gasteiger partial charge in [-0.3, -0.25) is 19.2 Å². The summed E-state index contributed by atoms with van der Waals surface area (Å²) in [5.74, 6) is -5.26. The predicted octanol–water partition coefficient (Wildman–Crippen LogP) is -4.93. The highest BCUT2D eigenvalue weighted by atomic mass is 16.4. The smallest absolute Gasteiger partial charge is 0.326 e. The molecule has 15 nitrogen and oxygen atoms in total. The molecular weight excluding hydrogens is 430 g/mol. The highest BCUT2D eigenvalue weighted by Crippen LogP contribution is 2.01. The molecule has 11 N–H and O–H groups in total. The van der Waals surface area contributed by atoms with Gasteiger partial charge in [0.1, 0.15) is 18.1 Å². The molecule has 1 aromatic heterocycles. The first kappa shape index (κ1) is 26.5. The lowest BCUT2D eigenvalue weighted by molar-refractivity contribution is -0.142. The largest absolute Gasteiger partial charge is 0.480 e. The minimum atomic E-state index is -1.59. The summed E-state index contributed by atoms with van der Waals surface area (Å²) in [6.07, 6.45) is 0.597. The van der Waals surface area contributed by atoms with Crippen LogP contribution in [0.15, 0.2) is 12.5 Å². The fourth-order valence-electron chi connectivity index (χ4n) is 2.52. The van der Waals surface area contributed by atoms with E-state index in [2.05, 4.69) is 25.9 Å². The third kappa shape index (κ3) is 8.29. The van der Waals surface area contributed by atoms with Gasteiger partial charge in [-0.2, -0.15) is 0 Å². The summed E-state index contributed by atoms with van der Waals surface area (Å²) in [5, 5.41) is 35.0. The van der Waals surface area contributed by atoms with E-state index < -0.39 is 72.9 Å². The molecule has 0 radical (unpaired) electrons. The van der Waals surface area contributed by atoms with Gasteiger partial charge in [0.2, 0.25) is 23.6 Å². The number of primary amides is 1. The van der Waals surface area contributed by atoms with Crippen molar-refractivity contribution in [2.45, 2.75) is 50.0 Å². The molecule has 0 unspecified atom stereocenters. The van der Waals surface area contributed by atoms with Crippen LogP contribution in [0.4, 0.5) is 0 Å². The van der Waals surface area contributed by atoms with Crippen molar-refractivity contribution in [3.05, 3.63) is 18.2 Å². The number of amides is 4. The van der Waals surface area contributed by atoms with E-state index in [1.54, 1.807) is 0 Å². The number of aliphatic hydroxyl groups excluding tert-OH is 2. The summed E-state index contributed by atoms with van der Waals surface area (Å²) in [5.41, 5.74) is 10.9. The number of nitrogens with one attached hydrogen (secondary N) is 4. The van der Waals surface area contributed by atoms with Crippen LogP contribution in [0.5, 0.6) is 0 Å². The second kappa shape index (κ2) is 12.3. The van der Waals surface area contributed by atoms with Gasteiger partial charge in [0.05, 0.1) is 31.5 Å². The molecule has 0 fully saturated rings. The normalized spacial score (nSPS) is 15.5. The number of carbonyl (C=O) groups is 5. The minimum Gasteiger partial charge on any atom is -0.480 e. The number of nitrogens with two attached hydrogens (primary N) is 2. The number of aliphatic carboxylic acids is 1. The number of hydrogen-bond donors (Lipinski definition) is 9. The van der Waals surface area contributed by atoms with Gasteiger partial charge in [0, 0.05) is 18.3 Å². The number of aromatic amines is 1. The number of carboxylic acids is 1. The first-order chi connectivity index (χ1) is 15.0. The third-order valence-electron chi connectivity index (χ3n) is 4.23. The van der Waals surface area contributed by atoms with E-state index in [9.17, 15) is 39.3 Å². The van der Waals surface area contributed by atoms with Gasteiger partial charge in [0.25, 0.3) is 0 Å². The quantitative estimate of drug-likeness (QED) is 0.136. The van der Waals surface area contributed by atoms with Crippen molar-refractivity contribution < 1.29 is 39.3 Å². The number of aliphatic hydroxyl groups is 2. The van der Waals surface area contributed by atoms with E-state index in [4.69, 9.17) is 11.5 Å². The molecule has 1 heterocycles. The van der Waals surface area contributed by atoms with Crippen molar-refractivity contribution in [3.63, 3.8) is 0 Å². The van der Waals surface area contributed by atoms with E-state index in [-0.39, 0.29) is 6.42 Å². The summed E-state index contributed by atoms with van der Waals surface area (Å²) >= 11 is 0. The van der Waals surface area contributed by atoms with E-state index in [1.165, 1.54) is 19.4 Å². The molecule has 0 aromatic carbocycles. The second-order valence-corrected chi connectivity index (χ2v) is 6.93. The monoisotopic (exact) mass is 457 g/mol. The van der Waals surface area contributed by atoms with Crippen LogP contribution in [0.2, 0.25) is 0 Å². The van der Waals surface area contributed by atoms with Gasteiger partial charge in [-0.1, -0.05) is 0 Å². The molecule has 0 spiro atoms. The van der Waals surface area contributed by atoms with Crippen LogP contribution >= 0.6 is 0 Å². The molecule has 0 aliphatic carbocycles. The van der Waals surface area contributed by atoms with Crippen molar-refractivity contribution in [2.24, 2.45) is 11.5 Å². The number of hydrogen-bond acceptors (Lipinski definition) is 9. The van der Waals surface area contributed by atoms with Crippen LogP contribution in [-0.4, -0.2) is 91.8 Å². The van der Waals surface area contributed by atoms with Gasteiger partial charge in [0.15, 0.2) is 0 Å². The van der Waals surface area contributed by atoms with Gasteiger partial charge in [-0.05, 0) is 6.92 Å². The lowest BCUT2D eigenvalue weighted by atomic mass is 10.1. The van der Waals surface area contributed by atoms with Gasteiger partial charge in [-0.15, -0.1) is 0 Å². The van der Waals surface area contributed by atoms with Crippen molar-refractivity contribution >= 4 is 29.6 Å². The molecular formula is C17H27N7O8. The molecule has 178 valence electrons. The van der Waals surface area contributed by atoms with Crippen molar-refractivity contribution in [1.82, 2.24) is 25.9 Å². The van der Waals surface area contributed by atoms with E-state index in [0.717, 1.165) is 0 Å². The average Bonchev–Trinajstić information content (AvgIpc) is 3.21. The molecule has 15 heteroatoms. The Morgan fingerprint density at radius 1 is 1.09 bits per heavy atom. The SMILES string of the molecule is C[C@@H](O)[C@H](NC(=O)[C@@H](N)CC(N)=O)C(=O)N[C@@H](CO)C(=O)N[C@@H](Cc1cnc[nH]1)C(=O)O. The number of rotatable bonds is 13. The Labute approximate surface area is 181 Å². The topological polar surface area (TPSA) is 263 Å². The van der Waals surface area contributed by atoms with Gasteiger partial charge >= 0.3 is 5.97 Å². The Kier molecular flexibility index (Phi) is 10.2. The Balaban J connectivity index is 2.81. The Morgan fingerprint density at radius 2 is 1.72 bits per heavy atom. The number of aromatic nitrogens is 2. The summed E-state index contributed by atoms with van der Waals surface area (Å²) in [6.45, 7) is 0.263. The molecule has 0 saturated carbocycles. The number of carboxylic acid groups (broad SMARTS) is 1. The van der Waals surface area contributed by atoms with Crippen LogP contribution in [-0.2, 0) is 30.4 Å². The van der Waals surface area contributed by atoms with Crippen LogP contribution in [0.1, 0.15) is 19.0 Å². The molecule has 0 bridgehead atoms. The molecule has 0 aliphatic rings. The lowest BCUT2D eigenvalue weighted by Gasteiger charge is -2.25. The predicted molar refractivity (Wildman–Crippen MR) is 106 cm³/mol. The van der Waals surface area contributed by atoms with E-state index >= 15 is 0 Å². The number of carbonyl (C=O) groups excluding carboxylic acids is 4. The van der Waals surface area contributed by atoms with E-state index in [1.807, 2.05) is 0 Å². The zero-order valence-electron chi connectivity index (χ0n) is 17.1. The molecule has 32 heavy (non-hydrogen) atoms. The standard InChI is InChI=1S/C17H27N7O8/c1-7(26)13(24-14(28)9(18)3-12(19)27)16(30)23-11(5-25)15(29)22-10(17(31)32)2-8-4-20-6-21-8/h4,6-7,9-11,13,25-26H,2-3,5,18H2,1H3,(H2,19,27)(H,20,21)(H,22,29)(H,23,30)(H,24,28)(H,31,32)/t7-,9+,10+,11+,13+/m1/s1. The first-order valence-corrected chi connectivity index (χ1v) is 9.40.